The topological polar surface area (TPSA) is 80.1 Å². The molecule has 6 nitrogen and oxygen atoms in total. The van der Waals surface area contributed by atoms with Gasteiger partial charge < -0.3 is 10.1 Å². The zero-order valence-corrected chi connectivity index (χ0v) is 14.5. The molecule has 0 radical (unpaired) electrons. The van der Waals surface area contributed by atoms with Gasteiger partial charge in [-0.3, -0.25) is 4.79 Å². The Morgan fingerprint density at radius 3 is 2.23 bits per heavy atom. The minimum absolute atomic E-state index is 0.341. The molecule has 130 valence electrons. The van der Waals surface area contributed by atoms with Crippen LogP contribution >= 0.6 is 11.3 Å². The summed E-state index contributed by atoms with van der Waals surface area (Å²) in [5, 5.41) is 12.7. The number of hydrogen-bond donors (Lipinski definition) is 1. The number of benzene rings is 2. The lowest BCUT2D eigenvalue weighted by Gasteiger charge is -2.06. The number of ether oxygens (including phenoxy) is 1. The standard InChI is InChI=1S/C19H15N3O3S/c23-18(13-25-19(24)17-7-4-12-26-17)20-14-8-10-16(11-9-14)22-21-15-5-2-1-3-6-15/h1-12H,13H2,(H,20,23). The molecule has 0 saturated heterocycles. The van der Waals surface area contributed by atoms with Crippen molar-refractivity contribution in [1.82, 2.24) is 0 Å². The van der Waals surface area contributed by atoms with Crippen LogP contribution in [-0.4, -0.2) is 18.5 Å². The van der Waals surface area contributed by atoms with Crippen molar-refractivity contribution in [3.05, 3.63) is 77.0 Å². The molecule has 1 amide bonds. The summed E-state index contributed by atoms with van der Waals surface area (Å²) in [7, 11) is 0. The van der Waals surface area contributed by atoms with Crippen LogP contribution in [0.4, 0.5) is 17.1 Å². The Bertz CT molecular complexity index is 892. The van der Waals surface area contributed by atoms with Gasteiger partial charge >= 0.3 is 5.97 Å². The van der Waals surface area contributed by atoms with Crippen LogP contribution in [0.5, 0.6) is 0 Å². The molecule has 1 N–H and O–H groups in total. The first-order chi connectivity index (χ1) is 12.7. The summed E-state index contributed by atoms with van der Waals surface area (Å²) in [6.07, 6.45) is 0. The fourth-order valence-electron chi connectivity index (χ4n) is 2.02. The van der Waals surface area contributed by atoms with Crippen molar-refractivity contribution in [2.45, 2.75) is 0 Å². The van der Waals surface area contributed by atoms with E-state index in [0.717, 1.165) is 5.69 Å². The van der Waals surface area contributed by atoms with Crippen LogP contribution in [0.3, 0.4) is 0 Å². The fraction of sp³-hybridized carbons (Fsp3) is 0.0526. The third kappa shape index (κ3) is 5.09. The van der Waals surface area contributed by atoms with E-state index in [1.807, 2.05) is 30.3 Å². The Labute approximate surface area is 154 Å². The maximum absolute atomic E-state index is 11.9. The molecule has 0 fully saturated rings. The van der Waals surface area contributed by atoms with Crippen LogP contribution in [-0.2, 0) is 9.53 Å². The molecule has 0 spiro atoms. The van der Waals surface area contributed by atoms with Crippen molar-refractivity contribution in [1.29, 1.82) is 0 Å². The van der Waals surface area contributed by atoms with Gasteiger partial charge in [0, 0.05) is 5.69 Å². The van der Waals surface area contributed by atoms with Crippen LogP contribution in [0.25, 0.3) is 0 Å². The predicted octanol–water partition coefficient (Wildman–Crippen LogP) is 4.96. The van der Waals surface area contributed by atoms with Crippen LogP contribution in [0.1, 0.15) is 9.67 Å². The van der Waals surface area contributed by atoms with Crippen LogP contribution in [0.2, 0.25) is 0 Å². The summed E-state index contributed by atoms with van der Waals surface area (Å²) in [5.74, 6) is -0.916. The molecule has 0 bridgehead atoms. The van der Waals surface area contributed by atoms with E-state index >= 15 is 0 Å². The van der Waals surface area contributed by atoms with Gasteiger partial charge in [0.25, 0.3) is 5.91 Å². The van der Waals surface area contributed by atoms with E-state index < -0.39 is 11.9 Å². The van der Waals surface area contributed by atoms with Crippen molar-refractivity contribution in [2.75, 3.05) is 11.9 Å². The van der Waals surface area contributed by atoms with Gasteiger partial charge in [0.05, 0.1) is 11.4 Å². The lowest BCUT2D eigenvalue weighted by Crippen LogP contribution is -2.20. The molecule has 1 aromatic heterocycles. The highest BCUT2D eigenvalue weighted by Gasteiger charge is 2.11. The van der Waals surface area contributed by atoms with Crippen LogP contribution < -0.4 is 5.32 Å². The van der Waals surface area contributed by atoms with Crippen LogP contribution in [0.15, 0.2) is 82.3 Å². The molecular weight excluding hydrogens is 350 g/mol. The number of carbonyl (C=O) groups is 2. The number of azo groups is 1. The number of carbonyl (C=O) groups excluding carboxylic acids is 2. The number of rotatable bonds is 6. The molecule has 0 aliphatic carbocycles. The van der Waals surface area contributed by atoms with Gasteiger partial charge in [0.2, 0.25) is 0 Å². The number of nitrogens with zero attached hydrogens (tertiary/aromatic N) is 2. The lowest BCUT2D eigenvalue weighted by molar-refractivity contribution is -0.119. The van der Waals surface area contributed by atoms with E-state index in [1.165, 1.54) is 11.3 Å². The summed E-state index contributed by atoms with van der Waals surface area (Å²) in [5.41, 5.74) is 2.01. The molecular formula is C19H15N3O3S. The summed E-state index contributed by atoms with van der Waals surface area (Å²) in [6.45, 7) is -0.341. The molecule has 0 saturated carbocycles. The fourth-order valence-corrected chi connectivity index (χ4v) is 2.63. The summed E-state index contributed by atoms with van der Waals surface area (Å²) >= 11 is 1.27. The Morgan fingerprint density at radius 2 is 1.58 bits per heavy atom. The highest BCUT2D eigenvalue weighted by Crippen LogP contribution is 2.20. The average Bonchev–Trinajstić information content (AvgIpc) is 3.21. The summed E-state index contributed by atoms with van der Waals surface area (Å²) < 4.78 is 4.96. The quantitative estimate of drug-likeness (QED) is 0.495. The molecule has 0 aliphatic rings. The minimum atomic E-state index is -0.508. The number of esters is 1. The Kier molecular flexibility index (Phi) is 5.84. The first-order valence-corrected chi connectivity index (χ1v) is 8.66. The number of amides is 1. The highest BCUT2D eigenvalue weighted by molar-refractivity contribution is 7.11. The third-order valence-corrected chi connectivity index (χ3v) is 4.09. The molecule has 0 aliphatic heterocycles. The first kappa shape index (κ1) is 17.5. The SMILES string of the molecule is O=C(COC(=O)c1cccs1)Nc1ccc(N=Nc2ccccc2)cc1. The van der Waals surface area contributed by atoms with Crippen molar-refractivity contribution < 1.29 is 14.3 Å². The third-order valence-electron chi connectivity index (χ3n) is 3.24. The van der Waals surface area contributed by atoms with Crippen molar-refractivity contribution >= 4 is 40.3 Å². The molecule has 3 rings (SSSR count). The first-order valence-electron chi connectivity index (χ1n) is 7.78. The second kappa shape index (κ2) is 8.68. The second-order valence-corrected chi connectivity index (χ2v) is 6.13. The van der Waals surface area contributed by atoms with Gasteiger partial charge in [-0.25, -0.2) is 4.79 Å². The van der Waals surface area contributed by atoms with Gasteiger partial charge in [0.1, 0.15) is 4.88 Å². The number of thiophene rings is 1. The molecule has 2 aromatic carbocycles. The van der Waals surface area contributed by atoms with E-state index in [-0.39, 0.29) is 6.61 Å². The van der Waals surface area contributed by atoms with E-state index in [9.17, 15) is 9.59 Å². The molecule has 0 atom stereocenters. The maximum atomic E-state index is 11.9. The van der Waals surface area contributed by atoms with Gasteiger partial charge in [-0.05, 0) is 47.8 Å². The number of hydrogen-bond acceptors (Lipinski definition) is 6. The zero-order valence-electron chi connectivity index (χ0n) is 13.7. The number of nitrogens with one attached hydrogen (secondary N) is 1. The van der Waals surface area contributed by atoms with E-state index in [1.54, 1.807) is 41.8 Å². The van der Waals surface area contributed by atoms with Gasteiger partial charge in [-0.15, -0.1) is 11.3 Å². The molecule has 7 heteroatoms. The second-order valence-electron chi connectivity index (χ2n) is 5.18. The minimum Gasteiger partial charge on any atom is -0.451 e. The largest absolute Gasteiger partial charge is 0.451 e. The van der Waals surface area contributed by atoms with Crippen molar-refractivity contribution in [3.8, 4) is 0 Å². The summed E-state index contributed by atoms with van der Waals surface area (Å²) in [4.78, 5) is 24.0. The maximum Gasteiger partial charge on any atom is 0.348 e. The molecule has 1 heterocycles. The molecule has 26 heavy (non-hydrogen) atoms. The van der Waals surface area contributed by atoms with Crippen LogP contribution in [0, 0.1) is 0 Å². The monoisotopic (exact) mass is 365 g/mol. The lowest BCUT2D eigenvalue weighted by atomic mass is 10.3. The van der Waals surface area contributed by atoms with E-state index in [4.69, 9.17) is 4.74 Å². The summed E-state index contributed by atoms with van der Waals surface area (Å²) in [6, 6.07) is 19.7. The van der Waals surface area contributed by atoms with Crippen molar-refractivity contribution in [3.63, 3.8) is 0 Å². The number of anilines is 1. The Hall–Kier alpha value is -3.32. The average molecular weight is 365 g/mol. The van der Waals surface area contributed by atoms with Gasteiger partial charge in [-0.1, -0.05) is 24.3 Å². The van der Waals surface area contributed by atoms with E-state index in [2.05, 4.69) is 15.5 Å². The smallest absolute Gasteiger partial charge is 0.348 e. The Balaban J connectivity index is 1.50. The van der Waals surface area contributed by atoms with Crippen molar-refractivity contribution in [2.24, 2.45) is 10.2 Å². The zero-order chi connectivity index (χ0) is 18.2. The van der Waals surface area contributed by atoms with Gasteiger partial charge in [0.15, 0.2) is 6.61 Å². The van der Waals surface area contributed by atoms with Gasteiger partial charge in [-0.2, -0.15) is 10.2 Å². The normalized spacial score (nSPS) is 10.6. The highest BCUT2D eigenvalue weighted by atomic mass is 32.1. The molecule has 3 aromatic rings. The van der Waals surface area contributed by atoms with E-state index in [0.29, 0.717) is 16.3 Å². The Morgan fingerprint density at radius 1 is 0.885 bits per heavy atom. The molecule has 0 unspecified atom stereocenters. The predicted molar refractivity (Wildman–Crippen MR) is 100 cm³/mol.